The predicted octanol–water partition coefficient (Wildman–Crippen LogP) is 2.97. The van der Waals surface area contributed by atoms with Crippen molar-refractivity contribution in [2.45, 2.75) is 31.7 Å². The molecular formula is C17H21ClN2O3. The third-order valence-electron chi connectivity index (χ3n) is 4.52. The minimum atomic E-state index is -0.252. The molecule has 2 fully saturated rings. The maximum absolute atomic E-state index is 12.7. The minimum Gasteiger partial charge on any atom is -0.507 e. The highest BCUT2D eigenvalue weighted by Gasteiger charge is 2.29. The van der Waals surface area contributed by atoms with E-state index in [1.807, 2.05) is 0 Å². The van der Waals surface area contributed by atoms with Gasteiger partial charge >= 0.3 is 0 Å². The van der Waals surface area contributed by atoms with Crippen LogP contribution in [0.15, 0.2) is 24.4 Å². The quantitative estimate of drug-likeness (QED) is 0.890. The second-order valence-corrected chi connectivity index (χ2v) is 6.52. The van der Waals surface area contributed by atoms with Crippen LogP contribution >= 0.6 is 11.6 Å². The molecule has 2 aliphatic heterocycles. The molecular weight excluding hydrogens is 316 g/mol. The van der Waals surface area contributed by atoms with E-state index in [0.29, 0.717) is 6.54 Å². The average molecular weight is 337 g/mol. The molecule has 0 spiro atoms. The summed E-state index contributed by atoms with van der Waals surface area (Å²) in [5, 5.41) is 19.5. The van der Waals surface area contributed by atoms with Crippen molar-refractivity contribution in [3.8, 4) is 11.5 Å². The number of phenolic OH excluding ortho intramolecular Hbond substituents is 2. The van der Waals surface area contributed by atoms with Gasteiger partial charge in [0.15, 0.2) is 0 Å². The summed E-state index contributed by atoms with van der Waals surface area (Å²) in [5.74, 6) is -0.725. The van der Waals surface area contributed by atoms with Crippen LogP contribution in [0.4, 0.5) is 0 Å². The molecule has 1 aromatic rings. The number of hydrogen-bond acceptors (Lipinski definition) is 4. The molecule has 0 radical (unpaired) electrons. The number of halogens is 1. The van der Waals surface area contributed by atoms with Gasteiger partial charge in [0.05, 0.1) is 16.6 Å². The number of carbonyl (C=O) groups is 1. The summed E-state index contributed by atoms with van der Waals surface area (Å²) >= 11 is 5.87. The SMILES string of the molecule is O=C(c1cc(Cl)c(O)cc1O)N1CCCC1/C=C/N1CCCC1. The number of hydrogen-bond donors (Lipinski definition) is 2. The summed E-state index contributed by atoms with van der Waals surface area (Å²) in [5.41, 5.74) is 0.134. The lowest BCUT2D eigenvalue weighted by Crippen LogP contribution is -2.34. The molecule has 1 amide bonds. The predicted molar refractivity (Wildman–Crippen MR) is 88.8 cm³/mol. The van der Waals surface area contributed by atoms with E-state index < -0.39 is 0 Å². The van der Waals surface area contributed by atoms with Crippen molar-refractivity contribution in [3.05, 3.63) is 35.0 Å². The molecule has 5 nitrogen and oxygen atoms in total. The number of phenols is 2. The molecule has 1 aromatic carbocycles. The second-order valence-electron chi connectivity index (χ2n) is 6.11. The summed E-state index contributed by atoms with van der Waals surface area (Å²) in [4.78, 5) is 16.7. The van der Waals surface area contributed by atoms with Crippen LogP contribution in [-0.2, 0) is 0 Å². The van der Waals surface area contributed by atoms with E-state index in [2.05, 4.69) is 17.2 Å². The first-order valence-electron chi connectivity index (χ1n) is 8.01. The Labute approximate surface area is 140 Å². The Morgan fingerprint density at radius 1 is 1.13 bits per heavy atom. The smallest absolute Gasteiger partial charge is 0.258 e. The van der Waals surface area contributed by atoms with E-state index in [1.165, 1.54) is 18.9 Å². The summed E-state index contributed by atoms with van der Waals surface area (Å²) in [6.45, 7) is 2.81. The lowest BCUT2D eigenvalue weighted by atomic mass is 10.1. The number of nitrogens with zero attached hydrogens (tertiary/aromatic N) is 2. The van der Waals surface area contributed by atoms with Crippen LogP contribution in [0.5, 0.6) is 11.5 Å². The lowest BCUT2D eigenvalue weighted by Gasteiger charge is -2.23. The van der Waals surface area contributed by atoms with Crippen LogP contribution in [0.3, 0.4) is 0 Å². The number of carbonyl (C=O) groups excluding carboxylic acids is 1. The molecule has 2 N–H and O–H groups in total. The molecule has 124 valence electrons. The molecule has 0 saturated carbocycles. The first-order valence-corrected chi connectivity index (χ1v) is 8.39. The molecule has 2 saturated heterocycles. The number of rotatable bonds is 3. The normalized spacial score (nSPS) is 21.5. The molecule has 0 aromatic heterocycles. The Balaban J connectivity index is 1.76. The molecule has 3 rings (SSSR count). The molecule has 2 aliphatic rings. The van der Waals surface area contributed by atoms with E-state index in [9.17, 15) is 15.0 Å². The van der Waals surface area contributed by atoms with Crippen molar-refractivity contribution in [2.75, 3.05) is 19.6 Å². The zero-order chi connectivity index (χ0) is 16.4. The summed E-state index contributed by atoms with van der Waals surface area (Å²) in [6, 6.07) is 2.48. The van der Waals surface area contributed by atoms with Crippen molar-refractivity contribution in [1.29, 1.82) is 0 Å². The first-order chi connectivity index (χ1) is 11.1. The second kappa shape index (κ2) is 6.71. The zero-order valence-electron chi connectivity index (χ0n) is 12.9. The summed E-state index contributed by atoms with van der Waals surface area (Å²) in [6.07, 6.45) is 8.47. The molecule has 0 aliphatic carbocycles. The Morgan fingerprint density at radius 2 is 1.87 bits per heavy atom. The number of likely N-dealkylation sites (tertiary alicyclic amines) is 2. The fourth-order valence-electron chi connectivity index (χ4n) is 3.23. The zero-order valence-corrected chi connectivity index (χ0v) is 13.7. The number of benzene rings is 1. The van der Waals surface area contributed by atoms with Gasteiger partial charge in [0.1, 0.15) is 11.5 Å². The van der Waals surface area contributed by atoms with Crippen molar-refractivity contribution in [3.63, 3.8) is 0 Å². The van der Waals surface area contributed by atoms with Gasteiger partial charge in [-0.3, -0.25) is 4.79 Å². The highest BCUT2D eigenvalue weighted by Crippen LogP contribution is 2.33. The van der Waals surface area contributed by atoms with Crippen LogP contribution in [-0.4, -0.2) is 51.6 Å². The van der Waals surface area contributed by atoms with Crippen LogP contribution in [0, 0.1) is 0 Å². The molecule has 23 heavy (non-hydrogen) atoms. The van der Waals surface area contributed by atoms with Crippen LogP contribution in [0.2, 0.25) is 5.02 Å². The Bertz CT molecular complexity index is 627. The van der Waals surface area contributed by atoms with E-state index in [4.69, 9.17) is 11.6 Å². The number of aromatic hydroxyl groups is 2. The highest BCUT2D eigenvalue weighted by atomic mass is 35.5. The maximum Gasteiger partial charge on any atom is 0.258 e. The van der Waals surface area contributed by atoms with Crippen molar-refractivity contribution >= 4 is 17.5 Å². The lowest BCUT2D eigenvalue weighted by molar-refractivity contribution is 0.0758. The summed E-state index contributed by atoms with van der Waals surface area (Å²) in [7, 11) is 0. The maximum atomic E-state index is 12.7. The van der Waals surface area contributed by atoms with E-state index >= 15 is 0 Å². The van der Waals surface area contributed by atoms with E-state index in [0.717, 1.165) is 32.0 Å². The van der Waals surface area contributed by atoms with E-state index in [1.54, 1.807) is 4.90 Å². The van der Waals surface area contributed by atoms with Gasteiger partial charge in [-0.15, -0.1) is 0 Å². The van der Waals surface area contributed by atoms with Gasteiger partial charge in [0, 0.05) is 25.7 Å². The monoisotopic (exact) mass is 336 g/mol. The third-order valence-corrected chi connectivity index (χ3v) is 4.82. The molecule has 0 bridgehead atoms. The molecule has 2 heterocycles. The Hall–Kier alpha value is -1.88. The van der Waals surface area contributed by atoms with Crippen LogP contribution < -0.4 is 0 Å². The van der Waals surface area contributed by atoms with Crippen molar-refractivity contribution < 1.29 is 15.0 Å². The highest BCUT2D eigenvalue weighted by molar-refractivity contribution is 6.32. The largest absolute Gasteiger partial charge is 0.507 e. The van der Waals surface area contributed by atoms with Crippen LogP contribution in [0.1, 0.15) is 36.0 Å². The van der Waals surface area contributed by atoms with Gasteiger partial charge in [0.2, 0.25) is 0 Å². The molecule has 1 atom stereocenters. The van der Waals surface area contributed by atoms with Gasteiger partial charge in [-0.05, 0) is 44.0 Å². The molecule has 6 heteroatoms. The fourth-order valence-corrected chi connectivity index (χ4v) is 3.40. The Kier molecular flexibility index (Phi) is 4.66. The average Bonchev–Trinajstić information content (AvgIpc) is 3.19. The minimum absolute atomic E-state index is 0.0371. The fraction of sp³-hybridized carbons (Fsp3) is 0.471. The summed E-state index contributed by atoms with van der Waals surface area (Å²) < 4.78 is 0. The topological polar surface area (TPSA) is 64.0 Å². The van der Waals surface area contributed by atoms with Gasteiger partial charge in [0.25, 0.3) is 5.91 Å². The van der Waals surface area contributed by atoms with Gasteiger partial charge in [-0.2, -0.15) is 0 Å². The van der Waals surface area contributed by atoms with Crippen molar-refractivity contribution in [1.82, 2.24) is 9.80 Å². The Morgan fingerprint density at radius 3 is 2.61 bits per heavy atom. The van der Waals surface area contributed by atoms with Crippen molar-refractivity contribution in [2.24, 2.45) is 0 Å². The first kappa shape index (κ1) is 16.0. The number of amides is 1. The van der Waals surface area contributed by atoms with Gasteiger partial charge < -0.3 is 20.0 Å². The van der Waals surface area contributed by atoms with Crippen LogP contribution in [0.25, 0.3) is 0 Å². The third kappa shape index (κ3) is 3.39. The van der Waals surface area contributed by atoms with Gasteiger partial charge in [-0.1, -0.05) is 11.6 Å². The van der Waals surface area contributed by atoms with Gasteiger partial charge in [-0.25, -0.2) is 0 Å². The molecule has 1 unspecified atom stereocenters. The standard InChI is InChI=1S/C17H21ClN2O3/c18-14-10-13(15(21)11-16(14)22)17(23)20-8-3-4-12(20)5-9-19-6-1-2-7-19/h5,9-12,21-22H,1-4,6-8H2/b9-5+. The van der Waals surface area contributed by atoms with E-state index in [-0.39, 0.29) is 34.0 Å².